The maximum absolute atomic E-state index is 4.01. The van der Waals surface area contributed by atoms with Crippen molar-refractivity contribution in [3.63, 3.8) is 0 Å². The van der Waals surface area contributed by atoms with Gasteiger partial charge in [0, 0.05) is 31.7 Å². The topological polar surface area (TPSA) is 15.3 Å². The molecule has 3 aliphatic rings. The van der Waals surface area contributed by atoms with Crippen LogP contribution in [0.15, 0.2) is 12.7 Å². The molecule has 2 saturated carbocycles. The third-order valence-electron chi connectivity index (χ3n) is 6.27. The first-order valence-electron chi connectivity index (χ1n) is 9.47. The lowest BCUT2D eigenvalue weighted by molar-refractivity contribution is 0.0609. The van der Waals surface area contributed by atoms with E-state index in [2.05, 4.69) is 22.9 Å². The second kappa shape index (κ2) is 7.78. The van der Waals surface area contributed by atoms with Crippen molar-refractivity contribution in [2.24, 2.45) is 11.8 Å². The molecule has 2 nitrogen and oxygen atoms in total. The highest BCUT2D eigenvalue weighted by Gasteiger charge is 2.36. The molecule has 0 spiro atoms. The van der Waals surface area contributed by atoms with Crippen molar-refractivity contribution in [1.82, 2.24) is 10.2 Å². The van der Waals surface area contributed by atoms with Crippen LogP contribution in [0.3, 0.4) is 0 Å². The zero-order chi connectivity index (χ0) is 14.5. The Morgan fingerprint density at radius 3 is 2.14 bits per heavy atom. The predicted molar refractivity (Wildman–Crippen MR) is 90.5 cm³/mol. The van der Waals surface area contributed by atoms with Crippen molar-refractivity contribution >= 4 is 0 Å². The lowest BCUT2D eigenvalue weighted by Crippen LogP contribution is -2.61. The van der Waals surface area contributed by atoms with Crippen molar-refractivity contribution in [3.05, 3.63) is 12.7 Å². The van der Waals surface area contributed by atoms with Crippen LogP contribution in [0.25, 0.3) is 0 Å². The number of nitrogens with zero attached hydrogens (tertiary/aromatic N) is 1. The smallest absolute Gasteiger partial charge is 0.0252 e. The van der Waals surface area contributed by atoms with Gasteiger partial charge in [0.25, 0.3) is 0 Å². The summed E-state index contributed by atoms with van der Waals surface area (Å²) in [5.74, 6) is 1.86. The molecule has 2 heteroatoms. The summed E-state index contributed by atoms with van der Waals surface area (Å²) < 4.78 is 0. The molecule has 0 radical (unpaired) electrons. The van der Waals surface area contributed by atoms with Gasteiger partial charge in [0.1, 0.15) is 0 Å². The predicted octanol–water partition coefficient (Wildman–Crippen LogP) is 3.98. The Kier molecular flexibility index (Phi) is 5.76. The summed E-state index contributed by atoms with van der Waals surface area (Å²) >= 11 is 0. The van der Waals surface area contributed by atoms with Gasteiger partial charge in [0.2, 0.25) is 0 Å². The molecule has 2 aliphatic carbocycles. The first-order chi connectivity index (χ1) is 10.4. The van der Waals surface area contributed by atoms with Crippen molar-refractivity contribution in [1.29, 1.82) is 0 Å². The Bertz CT molecular complexity index is 316. The fourth-order valence-corrected chi connectivity index (χ4v) is 5.07. The van der Waals surface area contributed by atoms with Gasteiger partial charge >= 0.3 is 0 Å². The monoisotopic (exact) mass is 290 g/mol. The van der Waals surface area contributed by atoms with Gasteiger partial charge < -0.3 is 5.32 Å². The van der Waals surface area contributed by atoms with E-state index in [9.17, 15) is 0 Å². The van der Waals surface area contributed by atoms with Crippen LogP contribution in [0.1, 0.15) is 64.2 Å². The van der Waals surface area contributed by atoms with Crippen LogP contribution in [-0.4, -0.2) is 36.6 Å². The average molecular weight is 290 g/mol. The third kappa shape index (κ3) is 3.90. The van der Waals surface area contributed by atoms with Crippen LogP contribution >= 0.6 is 0 Å². The van der Waals surface area contributed by atoms with Crippen molar-refractivity contribution < 1.29 is 0 Å². The van der Waals surface area contributed by atoms with Gasteiger partial charge in [-0.1, -0.05) is 44.6 Å². The van der Waals surface area contributed by atoms with E-state index in [1.54, 1.807) is 0 Å². The zero-order valence-corrected chi connectivity index (χ0v) is 13.7. The van der Waals surface area contributed by atoms with E-state index in [1.165, 1.54) is 77.3 Å². The first-order valence-corrected chi connectivity index (χ1v) is 9.47. The van der Waals surface area contributed by atoms with Gasteiger partial charge in [0.05, 0.1) is 0 Å². The van der Waals surface area contributed by atoms with Gasteiger partial charge in [-0.25, -0.2) is 0 Å². The highest BCUT2D eigenvalue weighted by atomic mass is 15.2. The molecule has 1 saturated heterocycles. The van der Waals surface area contributed by atoms with Crippen LogP contribution in [-0.2, 0) is 0 Å². The number of piperazine rings is 1. The molecule has 1 heterocycles. The van der Waals surface area contributed by atoms with Gasteiger partial charge in [-0.2, -0.15) is 0 Å². The summed E-state index contributed by atoms with van der Waals surface area (Å²) in [7, 11) is 0. The fourth-order valence-electron chi connectivity index (χ4n) is 5.07. The molecular weight excluding hydrogens is 256 g/mol. The van der Waals surface area contributed by atoms with Gasteiger partial charge in [0.15, 0.2) is 0 Å². The average Bonchev–Trinajstić information content (AvgIpc) is 2.57. The van der Waals surface area contributed by atoms with Crippen LogP contribution < -0.4 is 5.32 Å². The molecule has 2 unspecified atom stereocenters. The molecule has 21 heavy (non-hydrogen) atoms. The fraction of sp³-hybridized carbons (Fsp3) is 0.895. The summed E-state index contributed by atoms with van der Waals surface area (Å²) in [5, 5.41) is 3.95. The standard InChI is InChI=1S/C19H34N2/c1-2-13-21-15-18(16-9-5-3-6-10-16)20-14-19(21)17-11-7-4-8-12-17/h2,16-20H,1,3-15H2. The first kappa shape index (κ1) is 15.6. The molecular formula is C19H34N2. The summed E-state index contributed by atoms with van der Waals surface area (Å²) in [6.07, 6.45) is 16.7. The summed E-state index contributed by atoms with van der Waals surface area (Å²) in [6, 6.07) is 1.51. The van der Waals surface area contributed by atoms with Crippen molar-refractivity contribution in [3.8, 4) is 0 Å². The molecule has 0 aromatic heterocycles. The van der Waals surface area contributed by atoms with E-state index < -0.39 is 0 Å². The summed E-state index contributed by atoms with van der Waals surface area (Å²) in [6.45, 7) is 7.58. The van der Waals surface area contributed by atoms with E-state index in [0.717, 1.165) is 30.5 Å². The van der Waals surface area contributed by atoms with E-state index in [0.29, 0.717) is 0 Å². The van der Waals surface area contributed by atoms with E-state index in [-0.39, 0.29) is 0 Å². The number of nitrogens with one attached hydrogen (secondary N) is 1. The van der Waals surface area contributed by atoms with Gasteiger partial charge in [-0.05, 0) is 37.5 Å². The molecule has 0 bridgehead atoms. The minimum atomic E-state index is 0.741. The van der Waals surface area contributed by atoms with Gasteiger partial charge in [-0.3, -0.25) is 4.90 Å². The highest BCUT2D eigenvalue weighted by molar-refractivity contribution is 4.95. The van der Waals surface area contributed by atoms with Crippen LogP contribution in [0.2, 0.25) is 0 Å². The maximum atomic E-state index is 4.01. The van der Waals surface area contributed by atoms with E-state index >= 15 is 0 Å². The molecule has 0 aromatic rings. The van der Waals surface area contributed by atoms with Crippen molar-refractivity contribution in [2.75, 3.05) is 19.6 Å². The van der Waals surface area contributed by atoms with Gasteiger partial charge in [-0.15, -0.1) is 6.58 Å². The normalized spacial score (nSPS) is 33.9. The Morgan fingerprint density at radius 1 is 0.905 bits per heavy atom. The number of hydrogen-bond donors (Lipinski definition) is 1. The quantitative estimate of drug-likeness (QED) is 0.788. The Labute approximate surface area is 131 Å². The lowest BCUT2D eigenvalue weighted by atomic mass is 9.79. The van der Waals surface area contributed by atoms with Crippen LogP contribution in [0.5, 0.6) is 0 Å². The van der Waals surface area contributed by atoms with E-state index in [4.69, 9.17) is 0 Å². The lowest BCUT2D eigenvalue weighted by Gasteiger charge is -2.47. The SMILES string of the molecule is C=CCN1CC(C2CCCCC2)NCC1C1CCCCC1. The Balaban J connectivity index is 1.60. The molecule has 0 amide bonds. The molecule has 2 atom stereocenters. The van der Waals surface area contributed by atoms with E-state index in [1.807, 2.05) is 0 Å². The Morgan fingerprint density at radius 2 is 1.52 bits per heavy atom. The second-order valence-electron chi connectivity index (χ2n) is 7.62. The van der Waals surface area contributed by atoms with Crippen LogP contribution in [0, 0.1) is 11.8 Å². The third-order valence-corrected chi connectivity index (χ3v) is 6.27. The molecule has 120 valence electrons. The zero-order valence-electron chi connectivity index (χ0n) is 13.7. The summed E-state index contributed by atoms with van der Waals surface area (Å²) in [5.41, 5.74) is 0. The highest BCUT2D eigenvalue weighted by Crippen LogP contribution is 2.33. The van der Waals surface area contributed by atoms with Crippen LogP contribution in [0.4, 0.5) is 0 Å². The molecule has 3 fully saturated rings. The summed E-state index contributed by atoms with van der Waals surface area (Å²) in [4.78, 5) is 2.76. The molecule has 1 aliphatic heterocycles. The molecule has 3 rings (SSSR count). The van der Waals surface area contributed by atoms with Crippen molar-refractivity contribution in [2.45, 2.75) is 76.3 Å². The number of hydrogen-bond acceptors (Lipinski definition) is 2. The Hall–Kier alpha value is -0.340. The largest absolute Gasteiger partial charge is 0.311 e. The minimum absolute atomic E-state index is 0.741. The minimum Gasteiger partial charge on any atom is -0.311 e. The maximum Gasteiger partial charge on any atom is 0.0252 e. The second-order valence-corrected chi connectivity index (χ2v) is 7.62. The molecule has 0 aromatic carbocycles. The number of rotatable bonds is 4. The molecule has 1 N–H and O–H groups in total.